The van der Waals surface area contributed by atoms with E-state index in [2.05, 4.69) is 42.7 Å². The van der Waals surface area contributed by atoms with E-state index in [4.69, 9.17) is 4.98 Å². The summed E-state index contributed by atoms with van der Waals surface area (Å²) in [7, 11) is 0. The van der Waals surface area contributed by atoms with Gasteiger partial charge < -0.3 is 9.88 Å². The Morgan fingerprint density at radius 3 is 2.54 bits per heavy atom. The van der Waals surface area contributed by atoms with Crippen molar-refractivity contribution >= 4 is 22.6 Å². The van der Waals surface area contributed by atoms with Crippen LogP contribution >= 0.6 is 0 Å². The number of carbonyl (C=O) groups is 1. The van der Waals surface area contributed by atoms with E-state index in [1.807, 2.05) is 31.2 Å². The molecule has 0 aliphatic carbocycles. The number of aromatic nitrogens is 4. The molecule has 26 heavy (non-hydrogen) atoms. The van der Waals surface area contributed by atoms with Gasteiger partial charge in [0.05, 0.1) is 16.7 Å². The molecule has 138 valence electrons. The first-order valence-electron chi connectivity index (χ1n) is 9.36. The average molecular weight is 353 g/mol. The molecule has 0 saturated heterocycles. The second kappa shape index (κ2) is 7.32. The third kappa shape index (κ3) is 3.23. The highest BCUT2D eigenvalue weighted by Gasteiger charge is 2.17. The van der Waals surface area contributed by atoms with Crippen LogP contribution in [0.5, 0.6) is 0 Å². The molecule has 0 spiro atoms. The van der Waals surface area contributed by atoms with E-state index in [0.29, 0.717) is 12.2 Å². The normalized spacial score (nSPS) is 11.5. The Morgan fingerprint density at radius 2 is 1.92 bits per heavy atom. The van der Waals surface area contributed by atoms with Gasteiger partial charge in [-0.15, -0.1) is 0 Å². The van der Waals surface area contributed by atoms with Crippen molar-refractivity contribution in [3.63, 3.8) is 0 Å². The minimum absolute atomic E-state index is 0.142. The van der Waals surface area contributed by atoms with Crippen LogP contribution in [-0.4, -0.2) is 25.2 Å². The summed E-state index contributed by atoms with van der Waals surface area (Å²) in [5.74, 6) is 1.21. The number of nitrogens with zero attached hydrogens (tertiary/aromatic N) is 4. The molecule has 0 bridgehead atoms. The van der Waals surface area contributed by atoms with Crippen LogP contribution in [0.2, 0.25) is 0 Å². The third-order valence-electron chi connectivity index (χ3n) is 4.64. The summed E-state index contributed by atoms with van der Waals surface area (Å²) < 4.78 is 3.96. The fourth-order valence-corrected chi connectivity index (χ4v) is 3.22. The van der Waals surface area contributed by atoms with Gasteiger partial charge in [0.15, 0.2) is 0 Å². The van der Waals surface area contributed by atoms with Crippen molar-refractivity contribution in [2.45, 2.75) is 60.0 Å². The van der Waals surface area contributed by atoms with Crippen LogP contribution in [-0.2, 0) is 19.5 Å². The van der Waals surface area contributed by atoms with E-state index in [1.54, 1.807) is 4.68 Å². The van der Waals surface area contributed by atoms with Gasteiger partial charge in [0.25, 0.3) is 5.91 Å². The molecule has 0 fully saturated rings. The van der Waals surface area contributed by atoms with Gasteiger partial charge in [0.1, 0.15) is 11.5 Å². The van der Waals surface area contributed by atoms with E-state index in [9.17, 15) is 4.79 Å². The molecule has 2 heterocycles. The molecule has 0 aliphatic heterocycles. The van der Waals surface area contributed by atoms with Crippen LogP contribution in [0.15, 0.2) is 24.3 Å². The Morgan fingerprint density at radius 1 is 1.15 bits per heavy atom. The largest absolute Gasteiger partial charge is 0.328 e. The molecule has 6 nitrogen and oxygen atoms in total. The molecular formula is C20H27N5O. The number of imidazole rings is 1. The first kappa shape index (κ1) is 18.2. The molecule has 1 amide bonds. The van der Waals surface area contributed by atoms with E-state index in [1.165, 1.54) is 0 Å². The molecule has 1 N–H and O–H groups in total. The van der Waals surface area contributed by atoms with Crippen molar-refractivity contribution in [3.8, 4) is 0 Å². The van der Waals surface area contributed by atoms with Crippen LogP contribution in [0.25, 0.3) is 11.0 Å². The monoisotopic (exact) mass is 353 g/mol. The highest BCUT2D eigenvalue weighted by atomic mass is 16.2. The Kier molecular flexibility index (Phi) is 5.11. The lowest BCUT2D eigenvalue weighted by Crippen LogP contribution is -2.17. The standard InChI is InChI=1S/C20H27N5O/c1-6-19-22-16-11-14(9-10-17(16)24(19)7-2)21-20(26)18-12-15(13(4)5)23-25(18)8-3/h9-13H,6-8H2,1-5H3,(H,21,26). The first-order chi connectivity index (χ1) is 12.5. The summed E-state index contributed by atoms with van der Waals surface area (Å²) in [5.41, 5.74) is 4.28. The summed E-state index contributed by atoms with van der Waals surface area (Å²) in [6, 6.07) is 7.78. The Hall–Kier alpha value is -2.63. The number of hydrogen-bond acceptors (Lipinski definition) is 3. The van der Waals surface area contributed by atoms with Gasteiger partial charge in [-0.3, -0.25) is 9.48 Å². The zero-order valence-corrected chi connectivity index (χ0v) is 16.2. The minimum Gasteiger partial charge on any atom is -0.328 e. The number of rotatable bonds is 6. The van der Waals surface area contributed by atoms with E-state index in [-0.39, 0.29) is 11.8 Å². The lowest BCUT2D eigenvalue weighted by Gasteiger charge is -2.07. The van der Waals surface area contributed by atoms with Gasteiger partial charge in [0.2, 0.25) is 0 Å². The Balaban J connectivity index is 1.90. The molecule has 0 atom stereocenters. The van der Waals surface area contributed by atoms with Crippen molar-refractivity contribution < 1.29 is 4.79 Å². The number of nitrogens with one attached hydrogen (secondary N) is 1. The van der Waals surface area contributed by atoms with Crippen molar-refractivity contribution in [3.05, 3.63) is 41.5 Å². The number of anilines is 1. The summed E-state index contributed by atoms with van der Waals surface area (Å²) in [5, 5.41) is 7.51. The zero-order valence-electron chi connectivity index (χ0n) is 16.2. The average Bonchev–Trinajstić information content (AvgIpc) is 3.22. The lowest BCUT2D eigenvalue weighted by molar-refractivity contribution is 0.101. The summed E-state index contributed by atoms with van der Waals surface area (Å²) in [6.45, 7) is 11.9. The number of fused-ring (bicyclic) bond motifs is 1. The highest BCUT2D eigenvalue weighted by molar-refractivity contribution is 6.04. The first-order valence-corrected chi connectivity index (χ1v) is 9.36. The Bertz CT molecular complexity index is 935. The van der Waals surface area contributed by atoms with Crippen molar-refractivity contribution in [2.24, 2.45) is 0 Å². The smallest absolute Gasteiger partial charge is 0.273 e. The maximum Gasteiger partial charge on any atom is 0.273 e. The van der Waals surface area contributed by atoms with Crippen LogP contribution in [0.4, 0.5) is 5.69 Å². The quantitative estimate of drug-likeness (QED) is 0.722. The molecule has 3 rings (SSSR count). The van der Waals surface area contributed by atoms with Crippen LogP contribution in [0, 0.1) is 0 Å². The lowest BCUT2D eigenvalue weighted by atomic mass is 10.1. The van der Waals surface area contributed by atoms with Gasteiger partial charge in [0, 0.05) is 25.2 Å². The SMILES string of the molecule is CCc1nc2cc(NC(=O)c3cc(C(C)C)nn3CC)ccc2n1CC. The fourth-order valence-electron chi connectivity index (χ4n) is 3.22. The number of hydrogen-bond donors (Lipinski definition) is 1. The molecular weight excluding hydrogens is 326 g/mol. The van der Waals surface area contributed by atoms with E-state index < -0.39 is 0 Å². The van der Waals surface area contributed by atoms with Crippen molar-refractivity contribution in [1.29, 1.82) is 0 Å². The molecule has 0 aliphatic rings. The van der Waals surface area contributed by atoms with Gasteiger partial charge in [-0.2, -0.15) is 5.10 Å². The van der Waals surface area contributed by atoms with Crippen LogP contribution in [0.3, 0.4) is 0 Å². The van der Waals surface area contributed by atoms with Crippen molar-refractivity contribution in [2.75, 3.05) is 5.32 Å². The summed E-state index contributed by atoms with van der Waals surface area (Å²) in [4.78, 5) is 17.5. The number of aryl methyl sites for hydroxylation is 3. The molecule has 6 heteroatoms. The van der Waals surface area contributed by atoms with Crippen LogP contribution < -0.4 is 5.32 Å². The summed E-state index contributed by atoms with van der Waals surface area (Å²) >= 11 is 0. The molecule has 0 radical (unpaired) electrons. The predicted molar refractivity (Wildman–Crippen MR) is 105 cm³/mol. The van der Waals surface area contributed by atoms with Crippen LogP contribution in [0.1, 0.15) is 62.5 Å². The fraction of sp³-hybridized carbons (Fsp3) is 0.450. The summed E-state index contributed by atoms with van der Waals surface area (Å²) in [6.07, 6.45) is 0.887. The number of carbonyl (C=O) groups excluding carboxylic acids is 1. The molecule has 1 aromatic carbocycles. The predicted octanol–water partition coefficient (Wildman–Crippen LogP) is 4.21. The number of amides is 1. The molecule has 0 saturated carbocycles. The minimum atomic E-state index is -0.142. The van der Waals surface area contributed by atoms with E-state index in [0.717, 1.165) is 41.2 Å². The third-order valence-corrected chi connectivity index (χ3v) is 4.64. The van der Waals surface area contributed by atoms with Gasteiger partial charge in [-0.25, -0.2) is 4.98 Å². The Labute approximate surface area is 154 Å². The zero-order chi connectivity index (χ0) is 18.8. The van der Waals surface area contributed by atoms with Gasteiger partial charge in [-0.05, 0) is 44.0 Å². The second-order valence-corrected chi connectivity index (χ2v) is 6.71. The highest BCUT2D eigenvalue weighted by Crippen LogP contribution is 2.22. The van der Waals surface area contributed by atoms with Gasteiger partial charge in [-0.1, -0.05) is 20.8 Å². The topological polar surface area (TPSA) is 64.7 Å². The maximum absolute atomic E-state index is 12.8. The van der Waals surface area contributed by atoms with Crippen molar-refractivity contribution in [1.82, 2.24) is 19.3 Å². The molecule has 3 aromatic rings. The molecule has 0 unspecified atom stereocenters. The van der Waals surface area contributed by atoms with E-state index >= 15 is 0 Å². The maximum atomic E-state index is 12.8. The second-order valence-electron chi connectivity index (χ2n) is 6.71. The number of benzene rings is 1. The molecule has 2 aromatic heterocycles. The van der Waals surface area contributed by atoms with Gasteiger partial charge >= 0.3 is 0 Å².